The summed E-state index contributed by atoms with van der Waals surface area (Å²) in [6.45, 7) is 2.20. The maximum Gasteiger partial charge on any atom is 0.140 e. The lowest BCUT2D eigenvalue weighted by atomic mass is 9.75. The number of ketones is 1. The molecule has 2 unspecified atom stereocenters. The first-order chi connectivity index (χ1) is 5.83. The average molecular weight is 164 g/mol. The van der Waals surface area contributed by atoms with Gasteiger partial charge in [0, 0.05) is 12.3 Å². The Labute approximate surface area is 73.8 Å². The van der Waals surface area contributed by atoms with E-state index in [0.29, 0.717) is 17.6 Å². The molecule has 0 aromatic heterocycles. The molecular formula is C11H16O. The highest BCUT2D eigenvalue weighted by Gasteiger charge is 2.41. The molecule has 0 amide bonds. The van der Waals surface area contributed by atoms with Crippen LogP contribution in [-0.2, 0) is 4.79 Å². The molecule has 2 rings (SSSR count). The van der Waals surface area contributed by atoms with E-state index >= 15 is 0 Å². The van der Waals surface area contributed by atoms with E-state index in [1.165, 1.54) is 24.8 Å². The molecule has 0 N–H and O–H groups in total. The standard InChI is InChI=1S/C11H16O/c1-2-3-4-8-7-9-5-6-10(12)11(8)9/h7,9,11H,2-6H2,1H3. The van der Waals surface area contributed by atoms with Crippen molar-refractivity contribution in [1.82, 2.24) is 0 Å². The van der Waals surface area contributed by atoms with Crippen molar-refractivity contribution in [3.8, 4) is 0 Å². The van der Waals surface area contributed by atoms with Crippen LogP contribution in [0.15, 0.2) is 11.6 Å². The second-order valence-electron chi connectivity index (χ2n) is 3.99. The normalized spacial score (nSPS) is 32.8. The molecule has 1 saturated carbocycles. The number of hydrogen-bond acceptors (Lipinski definition) is 1. The molecule has 2 aliphatic rings. The van der Waals surface area contributed by atoms with Crippen LogP contribution in [0.4, 0.5) is 0 Å². The van der Waals surface area contributed by atoms with Crippen molar-refractivity contribution in [3.63, 3.8) is 0 Å². The lowest BCUT2D eigenvalue weighted by Crippen LogP contribution is -2.24. The summed E-state index contributed by atoms with van der Waals surface area (Å²) in [6, 6.07) is 0. The third kappa shape index (κ3) is 1.12. The van der Waals surface area contributed by atoms with Gasteiger partial charge in [0.2, 0.25) is 0 Å². The van der Waals surface area contributed by atoms with E-state index in [9.17, 15) is 4.79 Å². The molecule has 0 saturated heterocycles. The Balaban J connectivity index is 1.94. The molecule has 0 aliphatic heterocycles. The van der Waals surface area contributed by atoms with Crippen LogP contribution in [0.25, 0.3) is 0 Å². The van der Waals surface area contributed by atoms with Crippen LogP contribution in [0.3, 0.4) is 0 Å². The Morgan fingerprint density at radius 3 is 3.08 bits per heavy atom. The maximum absolute atomic E-state index is 11.4. The van der Waals surface area contributed by atoms with Gasteiger partial charge in [-0.25, -0.2) is 0 Å². The zero-order chi connectivity index (χ0) is 8.55. The van der Waals surface area contributed by atoms with E-state index in [-0.39, 0.29) is 0 Å². The highest BCUT2D eigenvalue weighted by Crippen LogP contribution is 2.45. The lowest BCUT2D eigenvalue weighted by molar-refractivity contribution is -0.120. The second kappa shape index (κ2) is 3.04. The Bertz CT molecular complexity index is 227. The summed E-state index contributed by atoms with van der Waals surface area (Å²) in [7, 11) is 0. The van der Waals surface area contributed by atoms with Gasteiger partial charge in [-0.1, -0.05) is 25.0 Å². The van der Waals surface area contributed by atoms with Crippen molar-refractivity contribution in [3.05, 3.63) is 11.6 Å². The Morgan fingerprint density at radius 2 is 2.42 bits per heavy atom. The van der Waals surface area contributed by atoms with E-state index in [1.54, 1.807) is 0 Å². The number of unbranched alkanes of at least 4 members (excludes halogenated alkanes) is 1. The number of carbonyl (C=O) groups is 1. The molecule has 0 aromatic rings. The third-order valence-electron chi connectivity index (χ3n) is 3.15. The van der Waals surface area contributed by atoms with Crippen molar-refractivity contribution in [1.29, 1.82) is 0 Å². The van der Waals surface area contributed by atoms with Crippen LogP contribution in [0.5, 0.6) is 0 Å². The molecule has 2 atom stereocenters. The van der Waals surface area contributed by atoms with Crippen molar-refractivity contribution < 1.29 is 4.79 Å². The van der Waals surface area contributed by atoms with Crippen LogP contribution in [0, 0.1) is 11.8 Å². The van der Waals surface area contributed by atoms with Crippen LogP contribution in [0.1, 0.15) is 39.0 Å². The minimum absolute atomic E-state index is 0.372. The molecular weight excluding hydrogens is 148 g/mol. The number of Topliss-reactive ketones (excluding diaryl/α,β-unsaturated/α-hetero) is 1. The Morgan fingerprint density at radius 1 is 1.58 bits per heavy atom. The van der Waals surface area contributed by atoms with Gasteiger partial charge in [-0.05, 0) is 25.2 Å². The second-order valence-corrected chi connectivity index (χ2v) is 3.99. The van der Waals surface area contributed by atoms with Gasteiger partial charge in [0.25, 0.3) is 0 Å². The summed E-state index contributed by atoms with van der Waals surface area (Å²) in [6.07, 6.45) is 7.96. The zero-order valence-corrected chi connectivity index (χ0v) is 7.68. The zero-order valence-electron chi connectivity index (χ0n) is 7.68. The molecule has 0 spiro atoms. The van der Waals surface area contributed by atoms with E-state index in [1.807, 2.05) is 0 Å². The fourth-order valence-corrected chi connectivity index (χ4v) is 2.41. The molecule has 1 heteroatoms. The van der Waals surface area contributed by atoms with Gasteiger partial charge < -0.3 is 0 Å². The first kappa shape index (κ1) is 8.03. The van der Waals surface area contributed by atoms with E-state index in [0.717, 1.165) is 12.8 Å². The largest absolute Gasteiger partial charge is 0.299 e. The summed E-state index contributed by atoms with van der Waals surface area (Å²) in [4.78, 5) is 11.4. The summed E-state index contributed by atoms with van der Waals surface area (Å²) < 4.78 is 0. The predicted molar refractivity (Wildman–Crippen MR) is 48.8 cm³/mol. The molecule has 1 nitrogen and oxygen atoms in total. The van der Waals surface area contributed by atoms with Gasteiger partial charge in [0.15, 0.2) is 0 Å². The van der Waals surface area contributed by atoms with Crippen LogP contribution >= 0.6 is 0 Å². The third-order valence-corrected chi connectivity index (χ3v) is 3.15. The molecule has 0 bridgehead atoms. The van der Waals surface area contributed by atoms with Crippen LogP contribution in [-0.4, -0.2) is 5.78 Å². The van der Waals surface area contributed by atoms with Crippen LogP contribution in [0.2, 0.25) is 0 Å². The fraction of sp³-hybridized carbons (Fsp3) is 0.727. The van der Waals surface area contributed by atoms with Crippen molar-refractivity contribution in [2.24, 2.45) is 11.8 Å². The summed E-state index contributed by atoms with van der Waals surface area (Å²) in [5.74, 6) is 1.52. The number of carbonyl (C=O) groups excluding carboxylic acids is 1. The van der Waals surface area contributed by atoms with Crippen molar-refractivity contribution >= 4 is 5.78 Å². The fourth-order valence-electron chi connectivity index (χ4n) is 2.41. The smallest absolute Gasteiger partial charge is 0.140 e. The minimum atomic E-state index is 0.372. The minimum Gasteiger partial charge on any atom is -0.299 e. The number of allylic oxidation sites excluding steroid dienone is 2. The summed E-state index contributed by atoms with van der Waals surface area (Å²) in [5, 5.41) is 0. The average Bonchev–Trinajstić information content (AvgIpc) is 2.27. The van der Waals surface area contributed by atoms with Crippen molar-refractivity contribution in [2.75, 3.05) is 0 Å². The monoisotopic (exact) mass is 164 g/mol. The number of hydrogen-bond donors (Lipinski definition) is 0. The molecule has 0 aromatic carbocycles. The summed E-state index contributed by atoms with van der Waals surface area (Å²) in [5.41, 5.74) is 1.45. The number of rotatable bonds is 3. The highest BCUT2D eigenvalue weighted by atomic mass is 16.1. The molecule has 0 heterocycles. The highest BCUT2D eigenvalue weighted by molar-refractivity contribution is 5.88. The van der Waals surface area contributed by atoms with Gasteiger partial charge in [0.05, 0.1) is 0 Å². The van der Waals surface area contributed by atoms with Gasteiger partial charge in [0.1, 0.15) is 5.78 Å². The first-order valence-electron chi connectivity index (χ1n) is 5.06. The van der Waals surface area contributed by atoms with Crippen LogP contribution < -0.4 is 0 Å². The molecule has 12 heavy (non-hydrogen) atoms. The number of fused-ring (bicyclic) bond motifs is 1. The predicted octanol–water partition coefficient (Wildman–Crippen LogP) is 2.71. The van der Waals surface area contributed by atoms with E-state index in [2.05, 4.69) is 13.0 Å². The molecule has 66 valence electrons. The Hall–Kier alpha value is -0.590. The quantitative estimate of drug-likeness (QED) is 0.586. The Kier molecular flexibility index (Phi) is 2.03. The van der Waals surface area contributed by atoms with Gasteiger partial charge in [-0.15, -0.1) is 0 Å². The van der Waals surface area contributed by atoms with Gasteiger partial charge in [-0.3, -0.25) is 4.79 Å². The topological polar surface area (TPSA) is 17.1 Å². The SMILES string of the molecule is CCCCC1=CC2CCC(=O)C12. The maximum atomic E-state index is 11.4. The van der Waals surface area contributed by atoms with E-state index in [4.69, 9.17) is 0 Å². The molecule has 2 aliphatic carbocycles. The van der Waals surface area contributed by atoms with Gasteiger partial charge >= 0.3 is 0 Å². The molecule has 0 radical (unpaired) electrons. The van der Waals surface area contributed by atoms with E-state index < -0.39 is 0 Å². The first-order valence-corrected chi connectivity index (χ1v) is 5.06. The summed E-state index contributed by atoms with van der Waals surface area (Å²) >= 11 is 0. The lowest BCUT2D eigenvalue weighted by Gasteiger charge is -2.29. The van der Waals surface area contributed by atoms with Gasteiger partial charge in [-0.2, -0.15) is 0 Å². The van der Waals surface area contributed by atoms with Crippen molar-refractivity contribution in [2.45, 2.75) is 39.0 Å². The molecule has 1 fully saturated rings.